The van der Waals surface area contributed by atoms with Gasteiger partial charge in [0.1, 0.15) is 0 Å². The highest BCUT2D eigenvalue weighted by molar-refractivity contribution is 7.73. The number of thiazole rings is 1. The van der Waals surface area contributed by atoms with Crippen molar-refractivity contribution in [2.45, 2.75) is 19.4 Å². The van der Waals surface area contributed by atoms with E-state index in [1.165, 1.54) is 16.1 Å². The van der Waals surface area contributed by atoms with Crippen LogP contribution in [0.5, 0.6) is 0 Å². The summed E-state index contributed by atoms with van der Waals surface area (Å²) in [6.07, 6.45) is 2.24. The Labute approximate surface area is 116 Å². The van der Waals surface area contributed by atoms with Crippen LogP contribution in [0.3, 0.4) is 0 Å². The molecule has 0 spiro atoms. The zero-order valence-corrected chi connectivity index (χ0v) is 11.8. The lowest BCUT2D eigenvalue weighted by molar-refractivity contribution is 0.259. The number of rotatable bonds is 3. The average Bonchev–Trinajstić information content (AvgIpc) is 2.77. The minimum atomic E-state index is 0.921. The van der Waals surface area contributed by atoms with Gasteiger partial charge in [-0.2, -0.15) is 0 Å². The molecule has 0 bridgehead atoms. The van der Waals surface area contributed by atoms with Crippen LogP contribution in [0, 0.1) is 3.95 Å². The summed E-state index contributed by atoms with van der Waals surface area (Å²) in [6, 6.07) is 10.7. The van der Waals surface area contributed by atoms with Gasteiger partial charge < -0.3 is 4.98 Å². The van der Waals surface area contributed by atoms with Crippen LogP contribution in [0.25, 0.3) is 0 Å². The minimum Gasteiger partial charge on any atom is -0.341 e. The van der Waals surface area contributed by atoms with Crippen LogP contribution in [0.4, 0.5) is 0 Å². The third-order valence-corrected chi connectivity index (χ3v) is 4.67. The van der Waals surface area contributed by atoms with Crippen molar-refractivity contribution in [2.75, 3.05) is 13.1 Å². The lowest BCUT2D eigenvalue weighted by atomic mass is 10.1. The molecule has 1 N–H and O–H groups in total. The Morgan fingerprint density at radius 1 is 1.28 bits per heavy atom. The Kier molecular flexibility index (Phi) is 3.59. The molecule has 1 aromatic heterocycles. The quantitative estimate of drug-likeness (QED) is 0.866. The van der Waals surface area contributed by atoms with Crippen molar-refractivity contribution in [2.24, 2.45) is 0 Å². The van der Waals surface area contributed by atoms with E-state index in [1.54, 1.807) is 11.3 Å². The molecule has 0 fully saturated rings. The summed E-state index contributed by atoms with van der Waals surface area (Å²) in [4.78, 5) is 7.25. The summed E-state index contributed by atoms with van der Waals surface area (Å²) in [7, 11) is 0. The van der Waals surface area contributed by atoms with Gasteiger partial charge in [-0.1, -0.05) is 30.3 Å². The molecule has 0 atom stereocenters. The number of nitrogens with zero attached hydrogens (tertiary/aromatic N) is 1. The van der Waals surface area contributed by atoms with E-state index in [-0.39, 0.29) is 0 Å². The summed E-state index contributed by atoms with van der Waals surface area (Å²) in [5, 5.41) is 0. The van der Waals surface area contributed by atoms with Gasteiger partial charge in [0.25, 0.3) is 0 Å². The van der Waals surface area contributed by atoms with Crippen molar-refractivity contribution in [3.8, 4) is 0 Å². The standard InChI is InChI=1S/C14H16N2S2/c17-14-15-12-7-9-16(10-13(12)18-14)8-6-11-4-2-1-3-5-11/h1-5H,6-10H2,(H,15,17). The van der Waals surface area contributed by atoms with Gasteiger partial charge in [-0.25, -0.2) is 0 Å². The van der Waals surface area contributed by atoms with Gasteiger partial charge in [-0.15, -0.1) is 11.3 Å². The monoisotopic (exact) mass is 276 g/mol. The number of H-pyrrole nitrogens is 1. The summed E-state index contributed by atoms with van der Waals surface area (Å²) < 4.78 is 0.921. The van der Waals surface area contributed by atoms with Gasteiger partial charge in [-0.05, 0) is 24.2 Å². The number of aromatic nitrogens is 1. The van der Waals surface area contributed by atoms with Gasteiger partial charge in [0, 0.05) is 36.6 Å². The second-order valence-corrected chi connectivity index (χ2v) is 6.45. The highest BCUT2D eigenvalue weighted by atomic mass is 32.1. The van der Waals surface area contributed by atoms with Crippen LogP contribution in [-0.2, 0) is 19.4 Å². The Morgan fingerprint density at radius 2 is 2.11 bits per heavy atom. The number of nitrogens with one attached hydrogen (secondary N) is 1. The zero-order chi connectivity index (χ0) is 12.4. The molecule has 94 valence electrons. The second-order valence-electron chi connectivity index (χ2n) is 4.68. The molecule has 0 radical (unpaired) electrons. The van der Waals surface area contributed by atoms with Gasteiger partial charge in [0.05, 0.1) is 0 Å². The van der Waals surface area contributed by atoms with Crippen LogP contribution >= 0.6 is 23.6 Å². The minimum absolute atomic E-state index is 0.921. The third-order valence-electron chi connectivity index (χ3n) is 3.41. The van der Waals surface area contributed by atoms with E-state index in [0.717, 1.165) is 36.4 Å². The molecule has 1 aliphatic heterocycles. The molecule has 2 aromatic rings. The van der Waals surface area contributed by atoms with E-state index in [2.05, 4.69) is 40.2 Å². The largest absolute Gasteiger partial charge is 0.341 e. The van der Waals surface area contributed by atoms with Gasteiger partial charge in [0.15, 0.2) is 3.95 Å². The van der Waals surface area contributed by atoms with Crippen molar-refractivity contribution in [1.29, 1.82) is 0 Å². The SMILES string of the molecule is S=c1[nH]c2c(s1)CN(CCc1ccccc1)CC2. The van der Waals surface area contributed by atoms with Crippen LogP contribution < -0.4 is 0 Å². The van der Waals surface area contributed by atoms with E-state index in [4.69, 9.17) is 12.2 Å². The van der Waals surface area contributed by atoms with E-state index >= 15 is 0 Å². The molecule has 2 heterocycles. The smallest absolute Gasteiger partial charge is 0.158 e. The van der Waals surface area contributed by atoms with Crippen LogP contribution in [0.2, 0.25) is 0 Å². The van der Waals surface area contributed by atoms with Crippen molar-refractivity contribution < 1.29 is 0 Å². The third kappa shape index (κ3) is 2.71. The highest BCUT2D eigenvalue weighted by Gasteiger charge is 2.17. The fraction of sp³-hybridized carbons (Fsp3) is 0.357. The Bertz CT molecular complexity index is 571. The topological polar surface area (TPSA) is 19.0 Å². The fourth-order valence-corrected chi connectivity index (χ4v) is 3.74. The maximum Gasteiger partial charge on any atom is 0.158 e. The van der Waals surface area contributed by atoms with Crippen molar-refractivity contribution in [3.05, 3.63) is 50.4 Å². The summed E-state index contributed by atoms with van der Waals surface area (Å²) in [6.45, 7) is 3.33. The van der Waals surface area contributed by atoms with E-state index < -0.39 is 0 Å². The second kappa shape index (κ2) is 5.34. The van der Waals surface area contributed by atoms with Crippen molar-refractivity contribution >= 4 is 23.6 Å². The molecule has 0 saturated heterocycles. The predicted octanol–water partition coefficient (Wildman–Crippen LogP) is 3.41. The molecule has 18 heavy (non-hydrogen) atoms. The van der Waals surface area contributed by atoms with E-state index in [9.17, 15) is 0 Å². The van der Waals surface area contributed by atoms with E-state index in [0.29, 0.717) is 0 Å². The normalized spacial score (nSPS) is 15.6. The van der Waals surface area contributed by atoms with Gasteiger partial charge >= 0.3 is 0 Å². The number of hydrogen-bond donors (Lipinski definition) is 1. The molecule has 4 heteroatoms. The molecule has 3 rings (SSSR count). The first-order valence-electron chi connectivity index (χ1n) is 6.28. The first-order valence-corrected chi connectivity index (χ1v) is 7.51. The van der Waals surface area contributed by atoms with Crippen molar-refractivity contribution in [1.82, 2.24) is 9.88 Å². The maximum absolute atomic E-state index is 5.21. The number of aromatic amines is 1. The summed E-state index contributed by atoms with van der Waals surface area (Å²) in [5.41, 5.74) is 2.78. The number of fused-ring (bicyclic) bond motifs is 1. The molecule has 1 aliphatic rings. The lowest BCUT2D eigenvalue weighted by Crippen LogP contribution is -2.31. The molecule has 0 aliphatic carbocycles. The maximum atomic E-state index is 5.21. The molecule has 2 nitrogen and oxygen atoms in total. The van der Waals surface area contributed by atoms with Gasteiger partial charge in [0.2, 0.25) is 0 Å². The average molecular weight is 276 g/mol. The van der Waals surface area contributed by atoms with Gasteiger partial charge in [-0.3, -0.25) is 4.90 Å². The Morgan fingerprint density at radius 3 is 2.94 bits per heavy atom. The number of benzene rings is 1. The molecule has 0 unspecified atom stereocenters. The zero-order valence-electron chi connectivity index (χ0n) is 10.2. The van der Waals surface area contributed by atoms with Crippen molar-refractivity contribution in [3.63, 3.8) is 0 Å². The fourth-order valence-electron chi connectivity index (χ4n) is 2.40. The first kappa shape index (κ1) is 12.1. The molecular formula is C14H16N2S2. The van der Waals surface area contributed by atoms with Crippen LogP contribution in [-0.4, -0.2) is 23.0 Å². The molecule has 0 saturated carbocycles. The van der Waals surface area contributed by atoms with Crippen LogP contribution in [0.1, 0.15) is 16.1 Å². The lowest BCUT2D eigenvalue weighted by Gasteiger charge is -2.26. The molecule has 0 amide bonds. The Balaban J connectivity index is 1.61. The van der Waals surface area contributed by atoms with E-state index in [1.807, 2.05) is 0 Å². The summed E-state index contributed by atoms with van der Waals surface area (Å²) >= 11 is 6.94. The Hall–Kier alpha value is -0.970. The van der Waals surface area contributed by atoms with Crippen LogP contribution in [0.15, 0.2) is 30.3 Å². The summed E-state index contributed by atoms with van der Waals surface area (Å²) in [5.74, 6) is 0. The predicted molar refractivity (Wildman–Crippen MR) is 78.6 cm³/mol. The molecular weight excluding hydrogens is 260 g/mol. The number of hydrogen-bond acceptors (Lipinski definition) is 3. The molecule has 1 aromatic carbocycles. The highest BCUT2D eigenvalue weighted by Crippen LogP contribution is 2.22. The first-order chi connectivity index (χ1) is 8.81.